The first-order chi connectivity index (χ1) is 39.0. The minimum Gasteiger partial charge on any atom is -0.462 e. The van der Waals surface area contributed by atoms with Crippen LogP contribution in [0.3, 0.4) is 0 Å². The van der Waals surface area contributed by atoms with Crippen molar-refractivity contribution >= 4 is 17.9 Å². The van der Waals surface area contributed by atoms with Crippen molar-refractivity contribution in [3.63, 3.8) is 0 Å². The van der Waals surface area contributed by atoms with E-state index in [1.807, 2.05) is 6.08 Å². The zero-order valence-corrected chi connectivity index (χ0v) is 52.1. The molecule has 1 atom stereocenters. The molecule has 0 aromatic carbocycles. The fourth-order valence-electron chi connectivity index (χ4n) is 9.54. The van der Waals surface area contributed by atoms with Gasteiger partial charge in [0.05, 0.1) is 6.42 Å². The van der Waals surface area contributed by atoms with Crippen LogP contribution < -0.4 is 0 Å². The highest BCUT2D eigenvalue weighted by molar-refractivity contribution is 5.72. The molecule has 0 aromatic heterocycles. The number of carbonyl (C=O) groups excluding carboxylic acids is 3. The molecule has 0 amide bonds. The van der Waals surface area contributed by atoms with Crippen molar-refractivity contribution < 1.29 is 28.6 Å². The molecule has 79 heavy (non-hydrogen) atoms. The van der Waals surface area contributed by atoms with Crippen molar-refractivity contribution in [2.45, 2.75) is 335 Å². The molecule has 0 saturated heterocycles. The maximum absolute atomic E-state index is 12.9. The molecule has 0 aliphatic carbocycles. The molecule has 0 spiro atoms. The van der Waals surface area contributed by atoms with Crippen molar-refractivity contribution in [1.29, 1.82) is 0 Å². The molecule has 6 nitrogen and oxygen atoms in total. The van der Waals surface area contributed by atoms with Crippen molar-refractivity contribution in [1.82, 2.24) is 0 Å². The van der Waals surface area contributed by atoms with E-state index in [0.717, 1.165) is 77.0 Å². The zero-order valence-electron chi connectivity index (χ0n) is 52.1. The third kappa shape index (κ3) is 65.0. The number of carbonyl (C=O) groups is 3. The fraction of sp³-hybridized carbons (Fsp3) is 0.740. The summed E-state index contributed by atoms with van der Waals surface area (Å²) in [5.41, 5.74) is 0. The van der Waals surface area contributed by atoms with Crippen molar-refractivity contribution in [2.75, 3.05) is 13.2 Å². The summed E-state index contributed by atoms with van der Waals surface area (Å²) in [6, 6.07) is 0. The van der Waals surface area contributed by atoms with Gasteiger partial charge in [-0.3, -0.25) is 14.4 Å². The Morgan fingerprint density at radius 1 is 0.278 bits per heavy atom. The summed E-state index contributed by atoms with van der Waals surface area (Å²) in [7, 11) is 0. The Bertz CT molecular complexity index is 1540. The molecular weight excluding hydrogens is 973 g/mol. The van der Waals surface area contributed by atoms with Gasteiger partial charge in [0, 0.05) is 12.8 Å². The molecule has 0 fully saturated rings. The van der Waals surface area contributed by atoms with Gasteiger partial charge in [-0.25, -0.2) is 0 Å². The van der Waals surface area contributed by atoms with Gasteiger partial charge >= 0.3 is 17.9 Å². The molecule has 1 unspecified atom stereocenters. The quantitative estimate of drug-likeness (QED) is 0.0261. The molecule has 0 N–H and O–H groups in total. The first kappa shape index (κ1) is 75.3. The fourth-order valence-corrected chi connectivity index (χ4v) is 9.54. The lowest BCUT2D eigenvalue weighted by Gasteiger charge is -2.18. The Hall–Kier alpha value is -3.67. The van der Waals surface area contributed by atoms with E-state index >= 15 is 0 Å². The van der Waals surface area contributed by atoms with E-state index in [1.165, 1.54) is 212 Å². The van der Waals surface area contributed by atoms with Gasteiger partial charge in [-0.2, -0.15) is 0 Å². The van der Waals surface area contributed by atoms with Crippen LogP contribution in [0, 0.1) is 0 Å². The smallest absolute Gasteiger partial charge is 0.309 e. The average Bonchev–Trinajstić information content (AvgIpc) is 3.45. The summed E-state index contributed by atoms with van der Waals surface area (Å²) < 4.78 is 16.9. The third-order valence-corrected chi connectivity index (χ3v) is 14.6. The number of rotatable bonds is 61. The van der Waals surface area contributed by atoms with Crippen LogP contribution >= 0.6 is 0 Å². The second-order valence-corrected chi connectivity index (χ2v) is 22.4. The molecule has 454 valence electrons. The average molecular weight is 1100 g/mol. The van der Waals surface area contributed by atoms with E-state index in [9.17, 15) is 14.4 Å². The zero-order chi connectivity index (χ0) is 57.1. The van der Waals surface area contributed by atoms with Gasteiger partial charge in [-0.05, 0) is 103 Å². The van der Waals surface area contributed by atoms with Crippen LogP contribution in [0.5, 0.6) is 0 Å². The molecule has 0 bridgehead atoms. The topological polar surface area (TPSA) is 78.9 Å². The summed E-state index contributed by atoms with van der Waals surface area (Å²) in [5, 5.41) is 0. The molecule has 6 heteroatoms. The largest absolute Gasteiger partial charge is 0.462 e. The van der Waals surface area contributed by atoms with Crippen molar-refractivity contribution in [2.24, 2.45) is 0 Å². The highest BCUT2D eigenvalue weighted by Gasteiger charge is 2.19. The summed E-state index contributed by atoms with van der Waals surface area (Å²) in [4.78, 5) is 38.3. The van der Waals surface area contributed by atoms with Crippen molar-refractivity contribution in [3.8, 4) is 0 Å². The Kier molecular flexibility index (Phi) is 63.7. The lowest BCUT2D eigenvalue weighted by molar-refractivity contribution is -0.166. The number of unbranched alkanes of at least 4 members (excludes halogenated alkanes) is 35. The highest BCUT2D eigenvalue weighted by Crippen LogP contribution is 2.17. The number of hydrogen-bond acceptors (Lipinski definition) is 6. The molecular formula is C73H126O6. The summed E-state index contributed by atoms with van der Waals surface area (Å²) in [6.07, 6.45) is 90.2. The minimum absolute atomic E-state index is 0.108. The number of ether oxygens (including phenoxy) is 3. The molecule has 0 aromatic rings. The van der Waals surface area contributed by atoms with E-state index < -0.39 is 12.1 Å². The molecule has 0 aliphatic rings. The van der Waals surface area contributed by atoms with E-state index in [2.05, 4.69) is 106 Å². The standard InChI is InChI=1S/C73H126O6/c1-4-7-10-13-16-19-22-25-28-30-32-34-36-38-40-42-45-48-51-54-57-60-63-66-72(75)78-69-70(68-77-71(74)65-62-59-56-53-50-47-44-27-24-21-18-15-12-9-6-3)79-73(76)67-64-61-58-55-52-49-46-43-41-39-37-35-33-31-29-26-23-20-17-14-11-8-5-2/h9,12,18,21-22,25,27,30-33,44,50,53,59,62,70H,4-8,10-11,13-17,19-20,23-24,26,28-29,34-43,45-49,51-52,54-58,60-61,63-69H2,1-3H3/b12-9-,21-18-,25-22-,32-30-,33-31-,44-27-,53-50-,62-59-. The van der Waals surface area contributed by atoms with Gasteiger partial charge in [-0.15, -0.1) is 0 Å². The predicted octanol–water partition coefficient (Wildman–Crippen LogP) is 23.2. The van der Waals surface area contributed by atoms with Crippen LogP contribution in [0.4, 0.5) is 0 Å². The third-order valence-electron chi connectivity index (χ3n) is 14.6. The Morgan fingerprint density at radius 3 is 0.899 bits per heavy atom. The normalized spacial score (nSPS) is 12.7. The number of hydrogen-bond donors (Lipinski definition) is 0. The van der Waals surface area contributed by atoms with Gasteiger partial charge in [0.25, 0.3) is 0 Å². The monoisotopic (exact) mass is 1100 g/mol. The van der Waals surface area contributed by atoms with Gasteiger partial charge in [0.2, 0.25) is 0 Å². The highest BCUT2D eigenvalue weighted by atomic mass is 16.6. The second kappa shape index (κ2) is 66.8. The Labute approximate surface area is 489 Å². The van der Waals surface area contributed by atoms with Gasteiger partial charge in [0.15, 0.2) is 6.10 Å². The van der Waals surface area contributed by atoms with E-state index in [1.54, 1.807) is 6.08 Å². The van der Waals surface area contributed by atoms with Crippen LogP contribution in [0.25, 0.3) is 0 Å². The van der Waals surface area contributed by atoms with E-state index in [-0.39, 0.29) is 31.6 Å². The molecule has 0 rings (SSSR count). The van der Waals surface area contributed by atoms with E-state index in [4.69, 9.17) is 14.2 Å². The van der Waals surface area contributed by atoms with Crippen LogP contribution in [-0.4, -0.2) is 37.2 Å². The van der Waals surface area contributed by atoms with Crippen LogP contribution in [0.15, 0.2) is 97.2 Å². The summed E-state index contributed by atoms with van der Waals surface area (Å²) >= 11 is 0. The Morgan fingerprint density at radius 2 is 0.544 bits per heavy atom. The molecule has 0 aliphatic heterocycles. The van der Waals surface area contributed by atoms with Crippen LogP contribution in [0.1, 0.15) is 329 Å². The number of esters is 3. The second-order valence-electron chi connectivity index (χ2n) is 22.4. The molecule has 0 saturated carbocycles. The van der Waals surface area contributed by atoms with Crippen LogP contribution in [0.2, 0.25) is 0 Å². The predicted molar refractivity (Wildman–Crippen MR) is 344 cm³/mol. The van der Waals surface area contributed by atoms with E-state index in [0.29, 0.717) is 12.8 Å². The first-order valence-corrected chi connectivity index (χ1v) is 33.7. The minimum atomic E-state index is -0.821. The van der Waals surface area contributed by atoms with Gasteiger partial charge in [0.1, 0.15) is 13.2 Å². The van der Waals surface area contributed by atoms with Crippen molar-refractivity contribution in [3.05, 3.63) is 97.2 Å². The number of allylic oxidation sites excluding steroid dienone is 15. The first-order valence-electron chi connectivity index (χ1n) is 33.7. The molecule has 0 radical (unpaired) electrons. The lowest BCUT2D eigenvalue weighted by Crippen LogP contribution is -2.30. The Balaban J connectivity index is 4.39. The van der Waals surface area contributed by atoms with Crippen LogP contribution in [-0.2, 0) is 28.6 Å². The molecule has 0 heterocycles. The SMILES string of the molecule is CC/C=C\C/C=C\C/C=C\C/C=C\C/C=C\CC(=O)OCC(COC(=O)CCCCCCCCCCCCC/C=C\C/C=C\CCCCCCC)OC(=O)CCCCCCCCCCCCC/C=C\CCCCCCCCCC. The lowest BCUT2D eigenvalue weighted by atomic mass is 10.0. The summed E-state index contributed by atoms with van der Waals surface area (Å²) in [5.74, 6) is -1.03. The maximum Gasteiger partial charge on any atom is 0.309 e. The summed E-state index contributed by atoms with van der Waals surface area (Å²) in [6.45, 7) is 6.46. The van der Waals surface area contributed by atoms with Gasteiger partial charge < -0.3 is 14.2 Å². The maximum atomic E-state index is 12.9. The van der Waals surface area contributed by atoms with Gasteiger partial charge in [-0.1, -0.05) is 304 Å².